The Morgan fingerprint density at radius 1 is 1.29 bits per heavy atom. The van der Waals surface area contributed by atoms with Crippen LogP contribution in [-0.4, -0.2) is 25.9 Å². The Balaban J connectivity index is 3.14. The lowest BCUT2D eigenvalue weighted by atomic mass is 10.2. The average molecular weight is 296 g/mol. The normalized spacial score (nSPS) is 11.5. The van der Waals surface area contributed by atoms with E-state index in [4.69, 9.17) is 0 Å². The molecule has 1 aromatic heterocycles. The van der Waals surface area contributed by atoms with E-state index < -0.39 is 17.1 Å². The number of carbonyl (C=O) groups is 1. The Hall–Kier alpha value is -2.38. The monoisotopic (exact) mass is 296 g/mol. The van der Waals surface area contributed by atoms with E-state index in [1.165, 1.54) is 21.0 Å². The van der Waals surface area contributed by atoms with Crippen molar-refractivity contribution in [2.45, 2.75) is 33.1 Å². The van der Waals surface area contributed by atoms with Gasteiger partial charge >= 0.3 is 5.69 Å². The minimum atomic E-state index is -0.667. The maximum absolute atomic E-state index is 12.0. The highest BCUT2D eigenvalue weighted by atomic mass is 16.3. The first-order chi connectivity index (χ1) is 9.81. The number of carbonyl (C=O) groups excluding carboxylic acids is 1. The molecule has 0 spiro atoms. The summed E-state index contributed by atoms with van der Waals surface area (Å²) in [6, 6.07) is 0. The summed E-state index contributed by atoms with van der Waals surface area (Å²) in [4.78, 5) is 35.1. The fourth-order valence-corrected chi connectivity index (χ4v) is 1.75. The zero-order chi connectivity index (χ0) is 16.2. The van der Waals surface area contributed by atoms with E-state index in [-0.39, 0.29) is 17.2 Å². The molecule has 116 valence electrons. The van der Waals surface area contributed by atoms with Gasteiger partial charge in [0, 0.05) is 20.5 Å². The second kappa shape index (κ2) is 6.87. The van der Waals surface area contributed by atoms with Crippen molar-refractivity contribution in [3.8, 4) is 5.88 Å². The van der Waals surface area contributed by atoms with Crippen molar-refractivity contribution >= 4 is 11.6 Å². The van der Waals surface area contributed by atoms with Crippen molar-refractivity contribution in [3.05, 3.63) is 26.4 Å². The Morgan fingerprint density at radius 3 is 2.48 bits per heavy atom. The first-order valence-electron chi connectivity index (χ1n) is 6.63. The number of hydrazone groups is 1. The van der Waals surface area contributed by atoms with Gasteiger partial charge in [0.15, 0.2) is 0 Å². The van der Waals surface area contributed by atoms with Crippen LogP contribution in [0.3, 0.4) is 0 Å². The lowest BCUT2D eigenvalue weighted by molar-refractivity contribution is -0.121. The predicted molar refractivity (Wildman–Crippen MR) is 78.5 cm³/mol. The molecular weight excluding hydrogens is 276 g/mol. The van der Waals surface area contributed by atoms with Gasteiger partial charge in [0.05, 0.1) is 5.71 Å². The van der Waals surface area contributed by atoms with Crippen molar-refractivity contribution in [1.29, 1.82) is 0 Å². The minimum absolute atomic E-state index is 0.115. The van der Waals surface area contributed by atoms with Crippen molar-refractivity contribution in [2.24, 2.45) is 19.2 Å². The van der Waals surface area contributed by atoms with Crippen LogP contribution < -0.4 is 16.7 Å². The molecule has 0 atom stereocenters. The van der Waals surface area contributed by atoms with Crippen molar-refractivity contribution < 1.29 is 9.90 Å². The van der Waals surface area contributed by atoms with Crippen molar-refractivity contribution in [1.82, 2.24) is 14.6 Å². The van der Waals surface area contributed by atoms with Gasteiger partial charge in [0.25, 0.3) is 5.56 Å². The number of hydrogen-bond acceptors (Lipinski definition) is 5. The zero-order valence-electron chi connectivity index (χ0n) is 12.6. The third-order valence-corrected chi connectivity index (χ3v) is 3.10. The molecular formula is C13H20N4O4. The molecule has 0 aliphatic heterocycles. The van der Waals surface area contributed by atoms with Gasteiger partial charge in [-0.15, -0.1) is 0 Å². The molecule has 1 rings (SSSR count). The van der Waals surface area contributed by atoms with E-state index in [9.17, 15) is 19.5 Å². The van der Waals surface area contributed by atoms with Gasteiger partial charge in [-0.1, -0.05) is 13.3 Å². The molecule has 0 radical (unpaired) electrons. The van der Waals surface area contributed by atoms with Crippen LogP contribution in [0.5, 0.6) is 5.88 Å². The zero-order valence-corrected chi connectivity index (χ0v) is 12.6. The molecule has 0 saturated heterocycles. The van der Waals surface area contributed by atoms with Crippen LogP contribution in [-0.2, 0) is 18.9 Å². The quantitative estimate of drug-likeness (QED) is 0.580. The summed E-state index contributed by atoms with van der Waals surface area (Å²) in [6.45, 7) is 3.44. The number of aromatic hydroxyl groups is 1. The highest BCUT2D eigenvalue weighted by Crippen LogP contribution is 2.09. The van der Waals surface area contributed by atoms with Crippen LogP contribution in [0.15, 0.2) is 14.7 Å². The molecule has 0 saturated carbocycles. The standard InChI is InChI=1S/C13H20N4O4/c1-5-6-7-9(18)15-14-8(2)10-11(19)16(3)13(21)17(4)12(10)20/h19H,5-7H2,1-4H3,(H,15,18). The van der Waals surface area contributed by atoms with Crippen LogP contribution in [0, 0.1) is 0 Å². The van der Waals surface area contributed by atoms with Gasteiger partial charge in [0.2, 0.25) is 11.8 Å². The summed E-state index contributed by atoms with van der Waals surface area (Å²) in [5.74, 6) is -0.746. The summed E-state index contributed by atoms with van der Waals surface area (Å²) in [6.07, 6.45) is 1.97. The second-order valence-electron chi connectivity index (χ2n) is 4.74. The fraction of sp³-hybridized carbons (Fsp3) is 0.538. The number of hydrogen-bond donors (Lipinski definition) is 2. The molecule has 0 unspecified atom stereocenters. The number of nitrogens with zero attached hydrogens (tertiary/aromatic N) is 3. The fourth-order valence-electron chi connectivity index (χ4n) is 1.75. The Bertz CT molecular complexity index is 685. The maximum Gasteiger partial charge on any atom is 0.333 e. The van der Waals surface area contributed by atoms with E-state index in [2.05, 4.69) is 10.5 Å². The van der Waals surface area contributed by atoms with Gasteiger partial charge in [-0.05, 0) is 13.3 Å². The van der Waals surface area contributed by atoms with E-state index in [1.807, 2.05) is 6.92 Å². The number of rotatable bonds is 5. The van der Waals surface area contributed by atoms with Crippen molar-refractivity contribution in [2.75, 3.05) is 0 Å². The van der Waals surface area contributed by atoms with Crippen LogP contribution in [0.1, 0.15) is 38.7 Å². The van der Waals surface area contributed by atoms with Gasteiger partial charge in [-0.2, -0.15) is 5.10 Å². The van der Waals surface area contributed by atoms with Crippen LogP contribution in [0.25, 0.3) is 0 Å². The third kappa shape index (κ3) is 3.59. The Morgan fingerprint density at radius 2 is 1.90 bits per heavy atom. The molecule has 1 heterocycles. The largest absolute Gasteiger partial charge is 0.494 e. The molecule has 8 nitrogen and oxygen atoms in total. The SMILES string of the molecule is CCCCC(=O)NN=C(C)c1c(O)n(C)c(=O)n(C)c1=O. The molecule has 0 fully saturated rings. The highest BCUT2D eigenvalue weighted by molar-refractivity contribution is 6.00. The smallest absolute Gasteiger partial charge is 0.333 e. The molecule has 0 aliphatic rings. The molecule has 0 aromatic carbocycles. The number of amides is 1. The third-order valence-electron chi connectivity index (χ3n) is 3.10. The number of unbranched alkanes of at least 4 members (excludes halogenated alkanes) is 1. The van der Waals surface area contributed by atoms with Crippen LogP contribution >= 0.6 is 0 Å². The van der Waals surface area contributed by atoms with Crippen molar-refractivity contribution in [3.63, 3.8) is 0 Å². The van der Waals surface area contributed by atoms with E-state index >= 15 is 0 Å². The van der Waals surface area contributed by atoms with Crippen LogP contribution in [0.4, 0.5) is 0 Å². The maximum atomic E-state index is 12.0. The summed E-state index contributed by atoms with van der Waals surface area (Å²) in [7, 11) is 2.65. The first kappa shape index (κ1) is 16.7. The average Bonchev–Trinajstić information content (AvgIpc) is 2.47. The van der Waals surface area contributed by atoms with Gasteiger partial charge in [-0.25, -0.2) is 10.2 Å². The molecule has 8 heteroatoms. The molecule has 0 bridgehead atoms. The number of aromatic nitrogens is 2. The van der Waals surface area contributed by atoms with Crippen LogP contribution in [0.2, 0.25) is 0 Å². The predicted octanol–water partition coefficient (Wildman–Crippen LogP) is -0.180. The molecule has 0 aliphatic carbocycles. The molecule has 1 aromatic rings. The summed E-state index contributed by atoms with van der Waals surface area (Å²) >= 11 is 0. The first-order valence-corrected chi connectivity index (χ1v) is 6.63. The second-order valence-corrected chi connectivity index (χ2v) is 4.74. The molecule has 1 amide bonds. The lowest BCUT2D eigenvalue weighted by Crippen LogP contribution is -2.40. The van der Waals surface area contributed by atoms with Gasteiger partial charge < -0.3 is 5.11 Å². The molecule has 21 heavy (non-hydrogen) atoms. The van der Waals surface area contributed by atoms with Gasteiger partial charge in [0.1, 0.15) is 5.56 Å². The summed E-state index contributed by atoms with van der Waals surface area (Å²) in [5.41, 5.74) is 1.04. The highest BCUT2D eigenvalue weighted by Gasteiger charge is 2.17. The lowest BCUT2D eigenvalue weighted by Gasteiger charge is -2.10. The van der Waals surface area contributed by atoms with Gasteiger partial charge in [-0.3, -0.25) is 18.7 Å². The number of nitrogens with one attached hydrogen (secondary N) is 1. The summed E-state index contributed by atoms with van der Waals surface area (Å²) < 4.78 is 1.81. The van der Waals surface area contributed by atoms with E-state index in [1.54, 1.807) is 0 Å². The Kier molecular flexibility index (Phi) is 5.45. The molecule has 2 N–H and O–H groups in total. The van der Waals surface area contributed by atoms with E-state index in [0.717, 1.165) is 22.0 Å². The van der Waals surface area contributed by atoms with E-state index in [0.29, 0.717) is 6.42 Å². The Labute approximate surface area is 121 Å². The topological polar surface area (TPSA) is 106 Å². The summed E-state index contributed by atoms with van der Waals surface area (Å²) in [5, 5.41) is 13.7. The minimum Gasteiger partial charge on any atom is -0.494 e.